The molecule has 1 heterocycles. The number of halogens is 2. The van der Waals surface area contributed by atoms with Crippen molar-refractivity contribution in [2.45, 2.75) is 0 Å². The second-order valence-corrected chi connectivity index (χ2v) is 5.78. The van der Waals surface area contributed by atoms with Crippen LogP contribution in [0.2, 0.25) is 10.0 Å². The maximum atomic E-state index is 11.7. The molecule has 0 saturated heterocycles. The molecule has 0 radical (unpaired) electrons. The highest BCUT2D eigenvalue weighted by atomic mass is 35.5. The van der Waals surface area contributed by atoms with Crippen LogP contribution in [0.25, 0.3) is 0 Å². The summed E-state index contributed by atoms with van der Waals surface area (Å²) in [7, 11) is 0. The van der Waals surface area contributed by atoms with Crippen LogP contribution in [0, 0.1) is 0 Å². The van der Waals surface area contributed by atoms with Crippen molar-refractivity contribution in [1.82, 2.24) is 0 Å². The number of amides is 1. The molecule has 0 aliphatic rings. The van der Waals surface area contributed by atoms with Crippen LogP contribution in [-0.2, 0) is 4.79 Å². The van der Waals surface area contributed by atoms with Gasteiger partial charge in [-0.25, -0.2) is 4.79 Å². The van der Waals surface area contributed by atoms with Gasteiger partial charge in [0.15, 0.2) is 6.61 Å². The third-order valence-electron chi connectivity index (χ3n) is 2.34. The molecule has 1 amide bonds. The van der Waals surface area contributed by atoms with Crippen LogP contribution in [-0.4, -0.2) is 23.6 Å². The Bertz CT molecular complexity index is 687. The summed E-state index contributed by atoms with van der Waals surface area (Å²) in [5, 5.41) is 12.5. The van der Waals surface area contributed by atoms with Gasteiger partial charge in [-0.15, -0.1) is 11.3 Å². The Kier molecular flexibility index (Phi) is 5.06. The SMILES string of the molecule is O=C(COc1ccc(Cl)c(Cl)c1)Nc1ccc(C(=O)O)s1. The molecule has 21 heavy (non-hydrogen) atoms. The topological polar surface area (TPSA) is 75.6 Å². The smallest absolute Gasteiger partial charge is 0.345 e. The molecular weight excluding hydrogens is 337 g/mol. The van der Waals surface area contributed by atoms with Crippen LogP contribution >= 0.6 is 34.5 Å². The fourth-order valence-electron chi connectivity index (χ4n) is 1.41. The molecule has 0 bridgehead atoms. The number of rotatable bonds is 5. The first-order valence-corrected chi connectivity index (χ1v) is 7.24. The van der Waals surface area contributed by atoms with Crippen molar-refractivity contribution < 1.29 is 19.4 Å². The van der Waals surface area contributed by atoms with Gasteiger partial charge in [0.25, 0.3) is 5.91 Å². The maximum absolute atomic E-state index is 11.7. The number of hydrogen-bond donors (Lipinski definition) is 2. The standard InChI is InChI=1S/C13H9Cl2NO4S/c14-8-2-1-7(5-9(8)15)20-6-11(17)16-12-4-3-10(21-12)13(18)19/h1-5H,6H2,(H,16,17)(H,18,19). The Hall–Kier alpha value is -1.76. The van der Waals surface area contributed by atoms with Crippen molar-refractivity contribution in [1.29, 1.82) is 0 Å². The van der Waals surface area contributed by atoms with E-state index in [4.69, 9.17) is 33.0 Å². The highest BCUT2D eigenvalue weighted by molar-refractivity contribution is 7.18. The number of carbonyl (C=O) groups excluding carboxylic acids is 1. The number of ether oxygens (including phenoxy) is 1. The van der Waals surface area contributed by atoms with E-state index < -0.39 is 11.9 Å². The normalized spacial score (nSPS) is 10.2. The summed E-state index contributed by atoms with van der Waals surface area (Å²) in [5.74, 6) is -1.02. The van der Waals surface area contributed by atoms with Crippen molar-refractivity contribution in [2.75, 3.05) is 11.9 Å². The van der Waals surface area contributed by atoms with E-state index in [1.54, 1.807) is 12.1 Å². The van der Waals surface area contributed by atoms with Gasteiger partial charge >= 0.3 is 5.97 Å². The van der Waals surface area contributed by atoms with Crippen LogP contribution in [0.15, 0.2) is 30.3 Å². The van der Waals surface area contributed by atoms with Gasteiger partial charge in [0, 0.05) is 6.07 Å². The molecule has 2 rings (SSSR count). The predicted octanol–water partition coefficient (Wildman–Crippen LogP) is 3.77. The van der Waals surface area contributed by atoms with Crippen molar-refractivity contribution in [2.24, 2.45) is 0 Å². The van der Waals surface area contributed by atoms with Crippen LogP contribution in [0.3, 0.4) is 0 Å². The predicted molar refractivity (Wildman–Crippen MR) is 81.9 cm³/mol. The summed E-state index contributed by atoms with van der Waals surface area (Å²) in [6.45, 7) is -0.224. The zero-order valence-corrected chi connectivity index (χ0v) is 12.8. The molecule has 0 fully saturated rings. The average molecular weight is 346 g/mol. The Morgan fingerprint density at radius 3 is 2.57 bits per heavy atom. The monoisotopic (exact) mass is 345 g/mol. The Morgan fingerprint density at radius 2 is 1.95 bits per heavy atom. The van der Waals surface area contributed by atoms with Crippen molar-refractivity contribution in [3.05, 3.63) is 45.3 Å². The molecule has 2 N–H and O–H groups in total. The van der Waals surface area contributed by atoms with E-state index in [1.807, 2.05) is 0 Å². The summed E-state index contributed by atoms with van der Waals surface area (Å²) in [5.41, 5.74) is 0. The van der Waals surface area contributed by atoms with Gasteiger partial charge in [0.1, 0.15) is 10.6 Å². The van der Waals surface area contributed by atoms with Crippen LogP contribution < -0.4 is 10.1 Å². The third-order valence-corrected chi connectivity index (χ3v) is 4.07. The number of benzene rings is 1. The molecular formula is C13H9Cl2NO4S. The minimum Gasteiger partial charge on any atom is -0.484 e. The van der Waals surface area contributed by atoms with E-state index in [2.05, 4.69) is 5.32 Å². The molecule has 1 aromatic heterocycles. The van der Waals surface area contributed by atoms with E-state index in [9.17, 15) is 9.59 Å². The fraction of sp³-hybridized carbons (Fsp3) is 0.0769. The zero-order chi connectivity index (χ0) is 15.4. The number of carboxylic acids is 1. The Balaban J connectivity index is 1.89. The molecule has 0 spiro atoms. The number of carboxylic acid groups (broad SMARTS) is 1. The Labute approximate surface area is 134 Å². The summed E-state index contributed by atoms with van der Waals surface area (Å²) in [4.78, 5) is 22.5. The molecule has 5 nitrogen and oxygen atoms in total. The summed E-state index contributed by atoms with van der Waals surface area (Å²) < 4.78 is 5.26. The van der Waals surface area contributed by atoms with Crippen molar-refractivity contribution in [3.63, 3.8) is 0 Å². The van der Waals surface area contributed by atoms with Crippen LogP contribution in [0.5, 0.6) is 5.75 Å². The molecule has 110 valence electrons. The first-order chi connectivity index (χ1) is 9.95. The van der Waals surface area contributed by atoms with Gasteiger partial charge in [0.2, 0.25) is 0 Å². The highest BCUT2D eigenvalue weighted by Gasteiger charge is 2.10. The van der Waals surface area contributed by atoms with E-state index >= 15 is 0 Å². The van der Waals surface area contributed by atoms with Gasteiger partial charge in [-0.3, -0.25) is 4.79 Å². The van der Waals surface area contributed by atoms with E-state index in [0.29, 0.717) is 20.8 Å². The van der Waals surface area contributed by atoms with Crippen molar-refractivity contribution >= 4 is 51.4 Å². The number of anilines is 1. The highest BCUT2D eigenvalue weighted by Crippen LogP contribution is 2.26. The molecule has 0 atom stereocenters. The molecule has 0 saturated carbocycles. The van der Waals surface area contributed by atoms with Gasteiger partial charge in [0.05, 0.1) is 15.0 Å². The molecule has 0 unspecified atom stereocenters. The number of nitrogens with one attached hydrogen (secondary N) is 1. The largest absolute Gasteiger partial charge is 0.484 e. The molecule has 0 aliphatic carbocycles. The number of hydrogen-bond acceptors (Lipinski definition) is 4. The lowest BCUT2D eigenvalue weighted by Crippen LogP contribution is -2.19. The van der Waals surface area contributed by atoms with E-state index in [0.717, 1.165) is 11.3 Å². The Morgan fingerprint density at radius 1 is 1.19 bits per heavy atom. The lowest BCUT2D eigenvalue weighted by atomic mass is 10.3. The lowest BCUT2D eigenvalue weighted by molar-refractivity contribution is -0.118. The quantitative estimate of drug-likeness (QED) is 0.864. The van der Waals surface area contributed by atoms with Gasteiger partial charge in [-0.1, -0.05) is 23.2 Å². The second-order valence-electron chi connectivity index (χ2n) is 3.88. The summed E-state index contributed by atoms with van der Waals surface area (Å²) in [6, 6.07) is 7.60. The molecule has 8 heteroatoms. The first kappa shape index (κ1) is 15.6. The van der Waals surface area contributed by atoms with Gasteiger partial charge in [-0.05, 0) is 24.3 Å². The molecule has 0 aliphatic heterocycles. The van der Waals surface area contributed by atoms with Gasteiger partial charge in [-0.2, -0.15) is 0 Å². The van der Waals surface area contributed by atoms with E-state index in [-0.39, 0.29) is 11.5 Å². The van der Waals surface area contributed by atoms with Crippen LogP contribution in [0.4, 0.5) is 5.00 Å². The summed E-state index contributed by atoms with van der Waals surface area (Å²) in [6.07, 6.45) is 0. The number of aromatic carboxylic acids is 1. The molecule has 1 aromatic carbocycles. The summed E-state index contributed by atoms with van der Waals surface area (Å²) >= 11 is 12.6. The lowest BCUT2D eigenvalue weighted by Gasteiger charge is -2.07. The minimum absolute atomic E-state index is 0.149. The van der Waals surface area contributed by atoms with Crippen LogP contribution in [0.1, 0.15) is 9.67 Å². The minimum atomic E-state index is -1.03. The fourth-order valence-corrected chi connectivity index (χ4v) is 2.46. The zero-order valence-electron chi connectivity index (χ0n) is 10.4. The average Bonchev–Trinajstić information content (AvgIpc) is 2.89. The number of thiophene rings is 1. The molecule has 2 aromatic rings. The van der Waals surface area contributed by atoms with E-state index in [1.165, 1.54) is 18.2 Å². The third kappa shape index (κ3) is 4.35. The van der Waals surface area contributed by atoms with Crippen molar-refractivity contribution in [3.8, 4) is 5.75 Å². The number of carbonyl (C=O) groups is 2. The second kappa shape index (κ2) is 6.80. The van der Waals surface area contributed by atoms with Gasteiger partial charge < -0.3 is 15.2 Å². The maximum Gasteiger partial charge on any atom is 0.345 e. The first-order valence-electron chi connectivity index (χ1n) is 5.66.